The molecule has 1 amide bonds. The summed E-state index contributed by atoms with van der Waals surface area (Å²) in [6.07, 6.45) is 4.25. The Balaban J connectivity index is 1.55. The molecule has 1 aliphatic heterocycles. The van der Waals surface area contributed by atoms with Crippen LogP contribution in [0.15, 0.2) is 54.7 Å². The molecule has 4 rings (SSSR count). The monoisotopic (exact) mass is 366 g/mol. The lowest BCUT2D eigenvalue weighted by atomic mass is 10.1. The Kier molecular flexibility index (Phi) is 4.71. The van der Waals surface area contributed by atoms with E-state index in [1.807, 2.05) is 47.4 Å². The summed E-state index contributed by atoms with van der Waals surface area (Å²) in [6, 6.07) is 15.6. The number of carbonyl (C=O) groups is 1. The van der Waals surface area contributed by atoms with Gasteiger partial charge in [0.05, 0.1) is 11.7 Å². The number of likely N-dealkylation sites (tertiary alicyclic amines) is 1. The van der Waals surface area contributed by atoms with Crippen molar-refractivity contribution in [3.63, 3.8) is 0 Å². The summed E-state index contributed by atoms with van der Waals surface area (Å²) < 4.78 is 0. The van der Waals surface area contributed by atoms with E-state index < -0.39 is 0 Å². The molecule has 5 nitrogen and oxygen atoms in total. The topological polar surface area (TPSA) is 61.9 Å². The highest BCUT2D eigenvalue weighted by atomic mass is 35.5. The fourth-order valence-electron chi connectivity index (χ4n) is 3.44. The number of hydrogen-bond acceptors (Lipinski definition) is 3. The Morgan fingerprint density at radius 2 is 2.04 bits per heavy atom. The van der Waals surface area contributed by atoms with Gasteiger partial charge in [-0.25, -0.2) is 0 Å². The van der Waals surface area contributed by atoms with Gasteiger partial charge in [-0.05, 0) is 48.7 Å². The fraction of sp³-hybridized carbons (Fsp3) is 0.250. The number of nitrogens with one attached hydrogen (secondary N) is 1. The van der Waals surface area contributed by atoms with Gasteiger partial charge in [-0.2, -0.15) is 5.10 Å². The molecule has 1 aromatic carbocycles. The molecule has 1 saturated heterocycles. The molecule has 1 atom stereocenters. The molecule has 0 bridgehead atoms. The van der Waals surface area contributed by atoms with Crippen LogP contribution < -0.4 is 0 Å². The summed E-state index contributed by atoms with van der Waals surface area (Å²) in [5, 5.41) is 7.37. The fourth-order valence-corrected chi connectivity index (χ4v) is 3.57. The lowest BCUT2D eigenvalue weighted by molar-refractivity contribution is 0.0726. The predicted octanol–water partition coefficient (Wildman–Crippen LogP) is 4.03. The highest BCUT2D eigenvalue weighted by molar-refractivity contribution is 6.30. The molecule has 3 aromatic rings. The average Bonchev–Trinajstić information content (AvgIpc) is 3.35. The Bertz CT molecular complexity index is 892. The maximum atomic E-state index is 12.7. The largest absolute Gasteiger partial charge is 0.329 e. The molecule has 3 heterocycles. The van der Waals surface area contributed by atoms with Gasteiger partial charge >= 0.3 is 0 Å². The standard InChI is InChI=1S/C20H19ClN4O/c21-15-8-6-14(7-9-15)13-16-3-1-4-17(23-16)19-5-2-12-25(19)20(26)18-10-11-22-24-18/h1,3-4,6-11,19H,2,5,12-13H2,(H,22,24)/t19-/m0/s1. The van der Waals surface area contributed by atoms with E-state index in [9.17, 15) is 4.79 Å². The van der Waals surface area contributed by atoms with E-state index in [2.05, 4.69) is 10.2 Å². The number of pyridine rings is 1. The lowest BCUT2D eigenvalue weighted by Crippen LogP contribution is -2.31. The van der Waals surface area contributed by atoms with E-state index in [0.29, 0.717) is 5.69 Å². The van der Waals surface area contributed by atoms with Crippen LogP contribution in [-0.2, 0) is 6.42 Å². The smallest absolute Gasteiger partial charge is 0.272 e. The number of H-pyrrole nitrogens is 1. The normalized spacial score (nSPS) is 16.8. The Labute approximate surface area is 157 Å². The minimum atomic E-state index is -0.0186. The van der Waals surface area contributed by atoms with Crippen molar-refractivity contribution in [1.29, 1.82) is 0 Å². The van der Waals surface area contributed by atoms with Crippen LogP contribution >= 0.6 is 11.6 Å². The number of aromatic nitrogens is 3. The van der Waals surface area contributed by atoms with Crippen LogP contribution in [0.2, 0.25) is 5.02 Å². The number of carbonyl (C=O) groups excluding carboxylic acids is 1. The zero-order chi connectivity index (χ0) is 17.9. The molecule has 0 aliphatic carbocycles. The van der Waals surface area contributed by atoms with E-state index in [0.717, 1.165) is 47.8 Å². The molecule has 1 aliphatic rings. The van der Waals surface area contributed by atoms with E-state index in [1.165, 1.54) is 0 Å². The van der Waals surface area contributed by atoms with Crippen molar-refractivity contribution in [3.05, 3.63) is 82.4 Å². The number of amides is 1. The van der Waals surface area contributed by atoms with Crippen molar-refractivity contribution in [2.24, 2.45) is 0 Å². The van der Waals surface area contributed by atoms with Crippen molar-refractivity contribution in [2.45, 2.75) is 25.3 Å². The minimum Gasteiger partial charge on any atom is -0.329 e. The second-order valence-corrected chi connectivity index (χ2v) is 6.92. The summed E-state index contributed by atoms with van der Waals surface area (Å²) in [5.74, 6) is -0.0186. The van der Waals surface area contributed by atoms with Crippen molar-refractivity contribution in [2.75, 3.05) is 6.54 Å². The van der Waals surface area contributed by atoms with Crippen LogP contribution in [0.25, 0.3) is 0 Å². The van der Waals surface area contributed by atoms with Gasteiger partial charge in [-0.1, -0.05) is 29.8 Å². The number of benzene rings is 1. The third-order valence-corrected chi connectivity index (χ3v) is 4.96. The molecule has 0 spiro atoms. The number of hydrogen-bond donors (Lipinski definition) is 1. The van der Waals surface area contributed by atoms with Crippen molar-refractivity contribution in [1.82, 2.24) is 20.1 Å². The second-order valence-electron chi connectivity index (χ2n) is 6.48. The van der Waals surface area contributed by atoms with E-state index in [-0.39, 0.29) is 11.9 Å². The van der Waals surface area contributed by atoms with Gasteiger partial charge in [-0.15, -0.1) is 0 Å². The first-order valence-corrected chi connectivity index (χ1v) is 9.09. The van der Waals surface area contributed by atoms with Crippen LogP contribution in [0, 0.1) is 0 Å². The van der Waals surface area contributed by atoms with Crippen molar-refractivity contribution < 1.29 is 4.79 Å². The molecule has 0 radical (unpaired) electrons. The lowest BCUT2D eigenvalue weighted by Gasteiger charge is -2.24. The average molecular weight is 367 g/mol. The summed E-state index contributed by atoms with van der Waals surface area (Å²) in [5.41, 5.74) is 3.62. The second kappa shape index (κ2) is 7.30. The highest BCUT2D eigenvalue weighted by Crippen LogP contribution is 2.32. The van der Waals surface area contributed by atoms with Gasteiger partial charge < -0.3 is 4.90 Å². The number of nitrogens with zero attached hydrogens (tertiary/aromatic N) is 3. The van der Waals surface area contributed by atoms with Gasteiger partial charge in [0.1, 0.15) is 5.69 Å². The quantitative estimate of drug-likeness (QED) is 0.758. The van der Waals surface area contributed by atoms with Crippen LogP contribution in [0.3, 0.4) is 0 Å². The van der Waals surface area contributed by atoms with Crippen molar-refractivity contribution >= 4 is 17.5 Å². The predicted molar refractivity (Wildman–Crippen MR) is 100 cm³/mol. The van der Waals surface area contributed by atoms with Gasteiger partial charge in [0.15, 0.2) is 0 Å². The molecular weight excluding hydrogens is 348 g/mol. The molecule has 1 fully saturated rings. The SMILES string of the molecule is O=C(c1ccn[nH]1)N1CCC[C@H]1c1cccc(Cc2ccc(Cl)cc2)n1. The maximum absolute atomic E-state index is 12.7. The number of aromatic amines is 1. The van der Waals surface area contributed by atoms with Gasteiger partial charge in [-0.3, -0.25) is 14.9 Å². The minimum absolute atomic E-state index is 0.0102. The first-order chi connectivity index (χ1) is 12.7. The molecule has 0 unspecified atom stereocenters. The molecule has 26 heavy (non-hydrogen) atoms. The molecule has 2 aromatic heterocycles. The molecule has 0 saturated carbocycles. The van der Waals surface area contributed by atoms with Crippen LogP contribution in [0.5, 0.6) is 0 Å². The van der Waals surface area contributed by atoms with Gasteiger partial charge in [0.25, 0.3) is 5.91 Å². The van der Waals surface area contributed by atoms with Gasteiger partial charge in [0.2, 0.25) is 0 Å². The van der Waals surface area contributed by atoms with Gasteiger partial charge in [0, 0.05) is 29.9 Å². The zero-order valence-electron chi connectivity index (χ0n) is 14.2. The molecule has 132 valence electrons. The van der Waals surface area contributed by atoms with E-state index in [1.54, 1.807) is 12.3 Å². The van der Waals surface area contributed by atoms with E-state index in [4.69, 9.17) is 16.6 Å². The van der Waals surface area contributed by atoms with Crippen LogP contribution in [0.1, 0.15) is 46.3 Å². The van der Waals surface area contributed by atoms with Crippen LogP contribution in [0.4, 0.5) is 0 Å². The third kappa shape index (κ3) is 3.48. The third-order valence-electron chi connectivity index (χ3n) is 4.71. The Morgan fingerprint density at radius 1 is 1.19 bits per heavy atom. The highest BCUT2D eigenvalue weighted by Gasteiger charge is 2.32. The van der Waals surface area contributed by atoms with E-state index >= 15 is 0 Å². The Morgan fingerprint density at radius 3 is 2.81 bits per heavy atom. The molecule has 1 N–H and O–H groups in total. The van der Waals surface area contributed by atoms with Crippen LogP contribution in [-0.4, -0.2) is 32.5 Å². The maximum Gasteiger partial charge on any atom is 0.272 e. The Hall–Kier alpha value is -2.66. The number of rotatable bonds is 4. The summed E-state index contributed by atoms with van der Waals surface area (Å²) in [4.78, 5) is 19.4. The summed E-state index contributed by atoms with van der Waals surface area (Å²) >= 11 is 5.95. The summed E-state index contributed by atoms with van der Waals surface area (Å²) in [7, 11) is 0. The first-order valence-electron chi connectivity index (χ1n) is 8.71. The molecule has 6 heteroatoms. The zero-order valence-corrected chi connectivity index (χ0v) is 15.0. The molecular formula is C20H19ClN4O. The first kappa shape index (κ1) is 16.8. The number of halogens is 1. The van der Waals surface area contributed by atoms with Crippen molar-refractivity contribution in [3.8, 4) is 0 Å². The summed E-state index contributed by atoms with van der Waals surface area (Å²) in [6.45, 7) is 0.742.